The third-order valence-corrected chi connectivity index (χ3v) is 6.35. The molecule has 2 heterocycles. The number of benzene rings is 2. The highest BCUT2D eigenvalue weighted by molar-refractivity contribution is 7.17. The maximum absolute atomic E-state index is 14.0. The van der Waals surface area contributed by atoms with E-state index in [1.54, 1.807) is 41.3 Å². The van der Waals surface area contributed by atoms with Gasteiger partial charge in [0.1, 0.15) is 21.5 Å². The quantitative estimate of drug-likeness (QED) is 0.638. The van der Waals surface area contributed by atoms with Gasteiger partial charge in [0, 0.05) is 37.3 Å². The molecule has 2 amide bonds. The number of aromatic nitrogens is 1. The number of nitrogens with one attached hydrogen (secondary N) is 1. The molecule has 0 saturated carbocycles. The Bertz CT molecular complexity index is 1140. The summed E-state index contributed by atoms with van der Waals surface area (Å²) in [5, 5.41) is 3.21. The number of nitrogens with zero attached hydrogens (tertiary/aromatic N) is 3. The first-order valence-electron chi connectivity index (χ1n) is 10.1. The zero-order valence-corrected chi connectivity index (χ0v) is 18.6. The molecule has 0 spiro atoms. The summed E-state index contributed by atoms with van der Waals surface area (Å²) in [5.41, 5.74) is 1.20. The lowest BCUT2D eigenvalue weighted by atomic mass is 10.1. The van der Waals surface area contributed by atoms with Crippen LogP contribution in [0.4, 0.5) is 10.1 Å². The maximum Gasteiger partial charge on any atom is 0.267 e. The maximum atomic E-state index is 14.0. The minimum absolute atomic E-state index is 0.0871. The molecule has 0 bridgehead atoms. The van der Waals surface area contributed by atoms with Crippen LogP contribution in [0.5, 0.6) is 5.75 Å². The molecule has 166 valence electrons. The zero-order chi connectivity index (χ0) is 22.7. The van der Waals surface area contributed by atoms with E-state index < -0.39 is 11.7 Å². The lowest BCUT2D eigenvalue weighted by Gasteiger charge is -2.32. The van der Waals surface area contributed by atoms with Crippen molar-refractivity contribution in [2.45, 2.75) is 0 Å². The van der Waals surface area contributed by atoms with Gasteiger partial charge in [-0.05, 0) is 37.4 Å². The van der Waals surface area contributed by atoms with Crippen LogP contribution in [0, 0.1) is 5.82 Å². The highest BCUT2D eigenvalue weighted by Gasteiger charge is 2.22. The van der Waals surface area contributed by atoms with Crippen molar-refractivity contribution in [3.63, 3.8) is 0 Å². The molecule has 1 aliphatic heterocycles. The lowest BCUT2D eigenvalue weighted by molar-refractivity contribution is 0.0664. The number of carbonyl (C=O) groups excluding carboxylic acids is 2. The fourth-order valence-electron chi connectivity index (χ4n) is 3.45. The van der Waals surface area contributed by atoms with Gasteiger partial charge in [-0.3, -0.25) is 9.59 Å². The van der Waals surface area contributed by atoms with Crippen molar-refractivity contribution < 1.29 is 18.7 Å². The molecule has 3 aromatic rings. The second-order valence-corrected chi connectivity index (χ2v) is 8.50. The Balaban J connectivity index is 1.53. The minimum atomic E-state index is -0.410. The Morgan fingerprint density at radius 2 is 1.88 bits per heavy atom. The number of ether oxygens (including phenoxy) is 1. The molecule has 2 aromatic carbocycles. The first-order chi connectivity index (χ1) is 15.5. The molecule has 1 aromatic heterocycles. The molecule has 4 rings (SSSR count). The van der Waals surface area contributed by atoms with Crippen molar-refractivity contribution >= 4 is 28.8 Å². The molecule has 0 radical (unpaired) electrons. The molecular weight excluding hydrogens is 431 g/mol. The van der Waals surface area contributed by atoms with Crippen LogP contribution in [0.2, 0.25) is 0 Å². The van der Waals surface area contributed by atoms with Gasteiger partial charge in [0.05, 0.1) is 19.0 Å². The van der Waals surface area contributed by atoms with E-state index in [4.69, 9.17) is 4.74 Å². The van der Waals surface area contributed by atoms with E-state index in [1.165, 1.54) is 19.4 Å². The lowest BCUT2D eigenvalue weighted by Crippen LogP contribution is -2.47. The molecule has 9 heteroatoms. The van der Waals surface area contributed by atoms with Crippen LogP contribution in [0.3, 0.4) is 0 Å². The van der Waals surface area contributed by atoms with Crippen molar-refractivity contribution in [1.29, 1.82) is 0 Å². The first-order valence-corrected chi connectivity index (χ1v) is 11.0. The van der Waals surface area contributed by atoms with E-state index >= 15 is 0 Å². The van der Waals surface area contributed by atoms with Crippen LogP contribution >= 0.6 is 11.3 Å². The van der Waals surface area contributed by atoms with E-state index in [9.17, 15) is 14.0 Å². The zero-order valence-electron chi connectivity index (χ0n) is 17.8. The predicted molar refractivity (Wildman–Crippen MR) is 122 cm³/mol. The van der Waals surface area contributed by atoms with Crippen molar-refractivity contribution in [2.24, 2.45) is 0 Å². The van der Waals surface area contributed by atoms with Gasteiger partial charge < -0.3 is 19.9 Å². The Morgan fingerprint density at radius 3 is 2.59 bits per heavy atom. The van der Waals surface area contributed by atoms with Crippen LogP contribution in [0.1, 0.15) is 20.0 Å². The van der Waals surface area contributed by atoms with E-state index in [0.29, 0.717) is 45.5 Å². The van der Waals surface area contributed by atoms with Gasteiger partial charge in [-0.2, -0.15) is 0 Å². The summed E-state index contributed by atoms with van der Waals surface area (Å²) in [6.45, 7) is 2.95. The van der Waals surface area contributed by atoms with Gasteiger partial charge in [0.25, 0.3) is 11.8 Å². The SMILES string of the molecule is COc1ccc(C(=O)N2CCN(C)CC2)cc1NC(=O)c1cnc(-c2ccccc2F)s1. The average Bonchev–Trinajstić information content (AvgIpc) is 3.29. The standard InChI is InChI=1S/C23H23FN4O3S/c1-27-9-11-28(12-10-27)23(30)15-7-8-19(31-2)18(13-15)26-21(29)20-14-25-22(32-20)16-5-3-4-6-17(16)24/h3-8,13-14H,9-12H2,1-2H3,(H,26,29). The number of piperazine rings is 1. The summed E-state index contributed by atoms with van der Waals surface area (Å²) in [7, 11) is 3.52. The van der Waals surface area contributed by atoms with Crippen LogP contribution in [-0.2, 0) is 0 Å². The Hall–Kier alpha value is -3.30. The molecular formula is C23H23FN4O3S. The van der Waals surface area contributed by atoms with E-state index in [2.05, 4.69) is 15.2 Å². The largest absolute Gasteiger partial charge is 0.495 e. The number of carbonyl (C=O) groups is 2. The number of thiazole rings is 1. The van der Waals surface area contributed by atoms with E-state index in [0.717, 1.165) is 24.4 Å². The Morgan fingerprint density at radius 1 is 1.12 bits per heavy atom. The number of amides is 2. The summed E-state index contributed by atoms with van der Waals surface area (Å²) < 4.78 is 19.4. The monoisotopic (exact) mass is 454 g/mol. The molecule has 32 heavy (non-hydrogen) atoms. The summed E-state index contributed by atoms with van der Waals surface area (Å²) in [6.07, 6.45) is 1.41. The third kappa shape index (κ3) is 4.63. The molecule has 1 fully saturated rings. The number of hydrogen-bond acceptors (Lipinski definition) is 6. The van der Waals surface area contributed by atoms with E-state index in [1.807, 2.05) is 7.05 Å². The number of halogens is 1. The van der Waals surface area contributed by atoms with Gasteiger partial charge in [0.2, 0.25) is 0 Å². The second-order valence-electron chi connectivity index (χ2n) is 7.47. The fourth-order valence-corrected chi connectivity index (χ4v) is 4.29. The van der Waals surface area contributed by atoms with Crippen LogP contribution in [0.25, 0.3) is 10.6 Å². The van der Waals surface area contributed by atoms with Gasteiger partial charge in [-0.25, -0.2) is 9.37 Å². The smallest absolute Gasteiger partial charge is 0.267 e. The van der Waals surface area contributed by atoms with Crippen molar-refractivity contribution in [3.8, 4) is 16.3 Å². The molecule has 1 N–H and O–H groups in total. The summed E-state index contributed by atoms with van der Waals surface area (Å²) >= 11 is 1.09. The first kappa shape index (κ1) is 21.9. The highest BCUT2D eigenvalue weighted by Crippen LogP contribution is 2.30. The number of rotatable bonds is 5. The molecule has 1 saturated heterocycles. The number of hydrogen-bond donors (Lipinski definition) is 1. The average molecular weight is 455 g/mol. The Kier molecular flexibility index (Phi) is 6.48. The van der Waals surface area contributed by atoms with Crippen LogP contribution < -0.4 is 10.1 Å². The normalized spacial score (nSPS) is 14.3. The molecule has 1 aliphatic rings. The van der Waals surface area contributed by atoms with Crippen LogP contribution in [-0.4, -0.2) is 66.9 Å². The van der Waals surface area contributed by atoms with Gasteiger partial charge in [-0.15, -0.1) is 11.3 Å². The number of methoxy groups -OCH3 is 1. The minimum Gasteiger partial charge on any atom is -0.495 e. The van der Waals surface area contributed by atoms with Crippen molar-refractivity contribution in [1.82, 2.24) is 14.8 Å². The van der Waals surface area contributed by atoms with Crippen molar-refractivity contribution in [2.75, 3.05) is 45.7 Å². The third-order valence-electron chi connectivity index (χ3n) is 5.32. The number of anilines is 1. The highest BCUT2D eigenvalue weighted by atomic mass is 32.1. The predicted octanol–water partition coefficient (Wildman–Crippen LogP) is 3.60. The topological polar surface area (TPSA) is 74.8 Å². The Labute approximate surface area is 189 Å². The summed E-state index contributed by atoms with van der Waals surface area (Å²) in [6, 6.07) is 11.3. The number of likely N-dealkylation sites (N-methyl/N-ethyl adjacent to an activating group) is 1. The molecule has 0 atom stereocenters. The summed E-state index contributed by atoms with van der Waals surface area (Å²) in [5.74, 6) is -0.457. The van der Waals surface area contributed by atoms with Crippen molar-refractivity contribution in [3.05, 3.63) is 64.9 Å². The van der Waals surface area contributed by atoms with Gasteiger partial charge in [-0.1, -0.05) is 12.1 Å². The van der Waals surface area contributed by atoms with Crippen LogP contribution in [0.15, 0.2) is 48.7 Å². The second kappa shape index (κ2) is 9.46. The molecule has 0 aliphatic carbocycles. The summed E-state index contributed by atoms with van der Waals surface area (Å²) in [4.78, 5) is 34.2. The molecule has 0 unspecified atom stereocenters. The fraction of sp³-hybridized carbons (Fsp3) is 0.261. The molecule has 7 nitrogen and oxygen atoms in total. The van der Waals surface area contributed by atoms with Gasteiger partial charge >= 0.3 is 0 Å². The van der Waals surface area contributed by atoms with Gasteiger partial charge in [0.15, 0.2) is 0 Å². The van der Waals surface area contributed by atoms with E-state index in [-0.39, 0.29) is 5.91 Å².